The average molecular weight is 207 g/mol. The van der Waals surface area contributed by atoms with Crippen LogP contribution in [0.15, 0.2) is 23.1 Å². The van der Waals surface area contributed by atoms with Crippen molar-refractivity contribution in [1.29, 1.82) is 0 Å². The molecule has 0 aliphatic carbocycles. The van der Waals surface area contributed by atoms with Gasteiger partial charge in [-0.05, 0) is 35.3 Å². The van der Waals surface area contributed by atoms with Gasteiger partial charge in [-0.3, -0.25) is 0 Å². The molecule has 0 fully saturated rings. The highest BCUT2D eigenvalue weighted by Crippen LogP contribution is 2.36. The summed E-state index contributed by atoms with van der Waals surface area (Å²) in [6.07, 6.45) is 1.11. The molecule has 1 unspecified atom stereocenters. The number of thioether (sulfide) groups is 1. The number of hydrogen-bond acceptors (Lipinski definition) is 2. The summed E-state index contributed by atoms with van der Waals surface area (Å²) in [4.78, 5) is 1.38. The maximum atomic E-state index is 6.10. The second-order valence-corrected chi connectivity index (χ2v) is 5.33. The highest BCUT2D eigenvalue weighted by molar-refractivity contribution is 7.99. The smallest absolute Gasteiger partial charge is 0.0314 e. The first-order valence-electron chi connectivity index (χ1n) is 5.20. The summed E-state index contributed by atoms with van der Waals surface area (Å²) >= 11 is 1.93. The van der Waals surface area contributed by atoms with Crippen molar-refractivity contribution in [2.75, 3.05) is 5.75 Å². The highest BCUT2D eigenvalue weighted by atomic mass is 32.2. The zero-order valence-corrected chi connectivity index (χ0v) is 9.60. The van der Waals surface area contributed by atoms with E-state index in [-0.39, 0.29) is 6.04 Å². The third-order valence-electron chi connectivity index (χ3n) is 2.79. The van der Waals surface area contributed by atoms with Gasteiger partial charge in [0.1, 0.15) is 0 Å². The molecule has 2 rings (SSSR count). The molecule has 2 heteroatoms. The first-order chi connectivity index (χ1) is 6.68. The Morgan fingerprint density at radius 2 is 2.21 bits per heavy atom. The van der Waals surface area contributed by atoms with Gasteiger partial charge in [-0.1, -0.05) is 26.0 Å². The van der Waals surface area contributed by atoms with Gasteiger partial charge in [0, 0.05) is 10.9 Å². The molecular formula is C12H17NS. The van der Waals surface area contributed by atoms with Crippen molar-refractivity contribution in [2.24, 2.45) is 5.73 Å². The Kier molecular flexibility index (Phi) is 2.84. The van der Waals surface area contributed by atoms with Crippen LogP contribution in [0.4, 0.5) is 0 Å². The average Bonchev–Trinajstić information content (AvgIpc) is 2.18. The highest BCUT2D eigenvalue weighted by Gasteiger charge is 2.17. The van der Waals surface area contributed by atoms with Crippen molar-refractivity contribution in [2.45, 2.75) is 37.1 Å². The minimum absolute atomic E-state index is 0.255. The Balaban J connectivity index is 2.41. The second kappa shape index (κ2) is 3.95. The fraction of sp³-hybridized carbons (Fsp3) is 0.500. The molecule has 14 heavy (non-hydrogen) atoms. The Morgan fingerprint density at radius 3 is 2.93 bits per heavy atom. The van der Waals surface area contributed by atoms with Crippen LogP contribution >= 0.6 is 11.8 Å². The molecule has 0 radical (unpaired) electrons. The quantitative estimate of drug-likeness (QED) is 0.764. The summed E-state index contributed by atoms with van der Waals surface area (Å²) in [5, 5.41) is 0. The summed E-state index contributed by atoms with van der Waals surface area (Å²) in [6, 6.07) is 7.00. The molecule has 0 aromatic heterocycles. The third kappa shape index (κ3) is 1.82. The summed E-state index contributed by atoms with van der Waals surface area (Å²) in [5.74, 6) is 1.76. The van der Waals surface area contributed by atoms with E-state index < -0.39 is 0 Å². The summed E-state index contributed by atoms with van der Waals surface area (Å²) in [7, 11) is 0. The minimum atomic E-state index is 0.255. The molecule has 0 spiro atoms. The van der Waals surface area contributed by atoms with Gasteiger partial charge in [0.25, 0.3) is 0 Å². The lowest BCUT2D eigenvalue weighted by Crippen LogP contribution is -2.16. The van der Waals surface area contributed by atoms with Gasteiger partial charge in [0.2, 0.25) is 0 Å². The van der Waals surface area contributed by atoms with Crippen LogP contribution in [0.1, 0.15) is 43.4 Å². The SMILES string of the molecule is CC(C)c1ccc2c(c1)C(N)CCS2. The molecule has 1 aliphatic rings. The molecule has 1 aromatic carbocycles. The van der Waals surface area contributed by atoms with Crippen LogP contribution in [-0.2, 0) is 0 Å². The second-order valence-electron chi connectivity index (χ2n) is 4.20. The van der Waals surface area contributed by atoms with Gasteiger partial charge < -0.3 is 5.73 Å². The molecule has 1 heterocycles. The molecule has 0 saturated heterocycles. The summed E-state index contributed by atoms with van der Waals surface area (Å²) < 4.78 is 0. The summed E-state index contributed by atoms with van der Waals surface area (Å²) in [6.45, 7) is 4.45. The van der Waals surface area contributed by atoms with Crippen LogP contribution in [0.25, 0.3) is 0 Å². The van der Waals surface area contributed by atoms with Crippen LogP contribution in [-0.4, -0.2) is 5.75 Å². The monoisotopic (exact) mass is 207 g/mol. The normalized spacial score (nSPS) is 21.0. The standard InChI is InChI=1S/C12H17NS/c1-8(2)9-3-4-12-10(7-9)11(13)5-6-14-12/h3-4,7-8,11H,5-6,13H2,1-2H3. The predicted molar refractivity (Wildman–Crippen MR) is 62.8 cm³/mol. The molecule has 1 aliphatic heterocycles. The Labute approximate surface area is 90.1 Å². The molecular weight excluding hydrogens is 190 g/mol. The van der Waals surface area contributed by atoms with Crippen molar-refractivity contribution in [1.82, 2.24) is 0 Å². The molecule has 76 valence electrons. The fourth-order valence-electron chi connectivity index (χ4n) is 1.80. The van der Waals surface area contributed by atoms with Gasteiger partial charge in [0.15, 0.2) is 0 Å². The maximum absolute atomic E-state index is 6.10. The lowest BCUT2D eigenvalue weighted by Gasteiger charge is -2.23. The first kappa shape index (κ1) is 10.1. The molecule has 2 N–H and O–H groups in total. The van der Waals surface area contributed by atoms with Crippen molar-refractivity contribution < 1.29 is 0 Å². The van der Waals surface area contributed by atoms with Gasteiger partial charge in [-0.15, -0.1) is 11.8 Å². The van der Waals surface area contributed by atoms with Gasteiger partial charge in [0.05, 0.1) is 0 Å². The number of hydrogen-bond donors (Lipinski definition) is 1. The lowest BCUT2D eigenvalue weighted by molar-refractivity contribution is 0.676. The Morgan fingerprint density at radius 1 is 1.43 bits per heavy atom. The van der Waals surface area contributed by atoms with Gasteiger partial charge >= 0.3 is 0 Å². The van der Waals surface area contributed by atoms with E-state index in [4.69, 9.17) is 5.73 Å². The molecule has 1 atom stereocenters. The van der Waals surface area contributed by atoms with Crippen LogP contribution in [0, 0.1) is 0 Å². The third-order valence-corrected chi connectivity index (χ3v) is 3.91. The number of fused-ring (bicyclic) bond motifs is 1. The first-order valence-corrected chi connectivity index (χ1v) is 6.19. The number of rotatable bonds is 1. The predicted octanol–water partition coefficient (Wildman–Crippen LogP) is 3.31. The van der Waals surface area contributed by atoms with Gasteiger partial charge in [-0.25, -0.2) is 0 Å². The van der Waals surface area contributed by atoms with Crippen molar-refractivity contribution in [3.63, 3.8) is 0 Å². The lowest BCUT2D eigenvalue weighted by atomic mass is 9.97. The zero-order valence-electron chi connectivity index (χ0n) is 8.79. The van der Waals surface area contributed by atoms with E-state index in [2.05, 4.69) is 32.0 Å². The van der Waals surface area contributed by atoms with E-state index >= 15 is 0 Å². The number of benzene rings is 1. The topological polar surface area (TPSA) is 26.0 Å². The minimum Gasteiger partial charge on any atom is -0.324 e. The summed E-state index contributed by atoms with van der Waals surface area (Å²) in [5.41, 5.74) is 8.86. The Bertz CT molecular complexity index is 333. The van der Waals surface area contributed by atoms with Crippen molar-refractivity contribution in [3.8, 4) is 0 Å². The van der Waals surface area contributed by atoms with Crippen LogP contribution < -0.4 is 5.73 Å². The van der Waals surface area contributed by atoms with E-state index in [0.29, 0.717) is 5.92 Å². The molecule has 0 bridgehead atoms. The Hall–Kier alpha value is -0.470. The maximum Gasteiger partial charge on any atom is 0.0314 e. The largest absolute Gasteiger partial charge is 0.324 e. The van der Waals surface area contributed by atoms with E-state index in [0.717, 1.165) is 12.2 Å². The molecule has 0 saturated carbocycles. The number of nitrogens with two attached hydrogens (primary N) is 1. The molecule has 0 amide bonds. The molecule has 1 aromatic rings. The van der Waals surface area contributed by atoms with Crippen LogP contribution in [0.2, 0.25) is 0 Å². The van der Waals surface area contributed by atoms with E-state index in [1.54, 1.807) is 0 Å². The van der Waals surface area contributed by atoms with E-state index in [1.165, 1.54) is 16.0 Å². The zero-order chi connectivity index (χ0) is 10.1. The molecule has 1 nitrogen and oxygen atoms in total. The van der Waals surface area contributed by atoms with E-state index in [1.807, 2.05) is 11.8 Å². The van der Waals surface area contributed by atoms with Crippen LogP contribution in [0.5, 0.6) is 0 Å². The van der Waals surface area contributed by atoms with Gasteiger partial charge in [-0.2, -0.15) is 0 Å². The van der Waals surface area contributed by atoms with Crippen molar-refractivity contribution >= 4 is 11.8 Å². The van der Waals surface area contributed by atoms with Crippen molar-refractivity contribution in [3.05, 3.63) is 29.3 Å². The van der Waals surface area contributed by atoms with E-state index in [9.17, 15) is 0 Å². The van der Waals surface area contributed by atoms with Crippen LogP contribution in [0.3, 0.4) is 0 Å². The fourth-order valence-corrected chi connectivity index (χ4v) is 2.93.